The lowest BCUT2D eigenvalue weighted by atomic mass is 9.97. The van der Waals surface area contributed by atoms with Crippen molar-refractivity contribution in [1.82, 2.24) is 15.2 Å². The molecule has 140 valence electrons. The summed E-state index contributed by atoms with van der Waals surface area (Å²) in [4.78, 5) is 39.9. The van der Waals surface area contributed by atoms with Gasteiger partial charge in [0.2, 0.25) is 5.91 Å². The number of rotatable bonds is 4. The van der Waals surface area contributed by atoms with Crippen LogP contribution in [0.25, 0.3) is 5.57 Å². The molecule has 1 saturated heterocycles. The first-order valence-corrected chi connectivity index (χ1v) is 8.95. The highest BCUT2D eigenvalue weighted by Gasteiger charge is 2.20. The molecule has 0 aliphatic carbocycles. The maximum Gasteiger partial charge on any atom is 0.267 e. The Hall–Kier alpha value is -2.86. The molecule has 1 aliphatic heterocycles. The lowest BCUT2D eigenvalue weighted by molar-refractivity contribution is -0.119. The molecule has 2 aromatic rings. The highest BCUT2D eigenvalue weighted by atomic mass is 35.5. The van der Waals surface area contributed by atoms with Crippen LogP contribution in [-0.2, 0) is 4.79 Å². The molecule has 0 unspecified atom stereocenters. The number of aromatic nitrogens is 1. The zero-order valence-electron chi connectivity index (χ0n) is 15.1. The minimum Gasteiger partial charge on any atom is -0.350 e. The fourth-order valence-corrected chi connectivity index (χ4v) is 3.08. The van der Waals surface area contributed by atoms with Crippen LogP contribution in [-0.4, -0.2) is 41.8 Å². The summed E-state index contributed by atoms with van der Waals surface area (Å²) in [5.41, 5.74) is 2.37. The van der Waals surface area contributed by atoms with E-state index in [2.05, 4.69) is 10.3 Å². The molecule has 0 saturated carbocycles. The van der Waals surface area contributed by atoms with Gasteiger partial charge in [0.15, 0.2) is 0 Å². The van der Waals surface area contributed by atoms with Gasteiger partial charge >= 0.3 is 0 Å². The first kappa shape index (κ1) is 18.9. The second kappa shape index (κ2) is 7.80. The van der Waals surface area contributed by atoms with Crippen molar-refractivity contribution >= 4 is 29.0 Å². The average Bonchev–Trinajstić information content (AvgIpc) is 3.06. The fourth-order valence-electron chi connectivity index (χ4n) is 2.97. The molecule has 1 aromatic heterocycles. The predicted molar refractivity (Wildman–Crippen MR) is 105 cm³/mol. The summed E-state index contributed by atoms with van der Waals surface area (Å²) in [5.74, 6) is -0.0813. The van der Waals surface area contributed by atoms with E-state index >= 15 is 0 Å². The Kier molecular flexibility index (Phi) is 5.46. The van der Waals surface area contributed by atoms with Crippen molar-refractivity contribution in [3.63, 3.8) is 0 Å². The number of nitrogens with zero attached hydrogens (tertiary/aromatic N) is 1. The second-order valence-corrected chi connectivity index (χ2v) is 7.03. The van der Waals surface area contributed by atoms with Crippen molar-refractivity contribution in [2.24, 2.45) is 0 Å². The summed E-state index contributed by atoms with van der Waals surface area (Å²) in [6.07, 6.45) is 3.09. The van der Waals surface area contributed by atoms with Crippen LogP contribution < -0.4 is 10.9 Å². The first-order valence-electron chi connectivity index (χ1n) is 8.57. The van der Waals surface area contributed by atoms with Gasteiger partial charge in [-0.1, -0.05) is 29.8 Å². The third-order valence-electron chi connectivity index (χ3n) is 4.40. The Morgan fingerprint density at radius 2 is 1.78 bits per heavy atom. The van der Waals surface area contributed by atoms with Gasteiger partial charge in [0, 0.05) is 43.4 Å². The topological polar surface area (TPSA) is 82.3 Å². The molecule has 7 heteroatoms. The standard InChI is InChI=1S/C20H20ClN3O3/c1-24(2)20(27)13-5-3-12(4-6-13)15(11-14-7-10-18(25)22-14)17-9-8-16(21)19(26)23-17/h3-6,8-9,11,14H,7,10H2,1-2H3,(H,22,25)(H,23,26)/t14-/m1/s1. The molecular formula is C20H20ClN3O3. The van der Waals surface area contributed by atoms with Crippen molar-refractivity contribution in [2.45, 2.75) is 18.9 Å². The minimum absolute atomic E-state index is 0.00660. The number of carbonyl (C=O) groups is 2. The fraction of sp³-hybridized carbons (Fsp3) is 0.250. The normalized spacial score (nSPS) is 16.9. The van der Waals surface area contributed by atoms with Crippen molar-refractivity contribution in [1.29, 1.82) is 0 Å². The lowest BCUT2D eigenvalue weighted by Crippen LogP contribution is -2.23. The average molecular weight is 386 g/mol. The van der Waals surface area contributed by atoms with Gasteiger partial charge in [0.1, 0.15) is 5.02 Å². The number of pyridine rings is 1. The molecule has 27 heavy (non-hydrogen) atoms. The van der Waals surface area contributed by atoms with E-state index in [1.54, 1.807) is 38.4 Å². The number of benzene rings is 1. The van der Waals surface area contributed by atoms with Crippen molar-refractivity contribution in [3.05, 3.63) is 74.7 Å². The summed E-state index contributed by atoms with van der Waals surface area (Å²) in [5, 5.41) is 3.01. The van der Waals surface area contributed by atoms with Crippen LogP contribution >= 0.6 is 11.6 Å². The highest BCUT2D eigenvalue weighted by molar-refractivity contribution is 6.30. The number of hydrogen-bond acceptors (Lipinski definition) is 3. The van der Waals surface area contributed by atoms with Gasteiger partial charge in [-0.3, -0.25) is 14.4 Å². The van der Waals surface area contributed by atoms with Crippen LogP contribution in [0.1, 0.15) is 34.5 Å². The van der Waals surface area contributed by atoms with E-state index in [9.17, 15) is 14.4 Å². The van der Waals surface area contributed by atoms with Crippen LogP contribution in [0.3, 0.4) is 0 Å². The molecule has 1 aromatic carbocycles. The zero-order valence-corrected chi connectivity index (χ0v) is 15.8. The van der Waals surface area contributed by atoms with Gasteiger partial charge in [0.25, 0.3) is 11.5 Å². The Bertz CT molecular complexity index is 961. The van der Waals surface area contributed by atoms with E-state index in [1.807, 2.05) is 18.2 Å². The maximum atomic E-state index is 12.1. The molecule has 1 atom stereocenters. The monoisotopic (exact) mass is 385 g/mol. The van der Waals surface area contributed by atoms with Gasteiger partial charge in [0.05, 0.1) is 0 Å². The maximum absolute atomic E-state index is 12.1. The summed E-state index contributed by atoms with van der Waals surface area (Å²) in [7, 11) is 3.39. The van der Waals surface area contributed by atoms with E-state index in [-0.39, 0.29) is 28.4 Å². The molecule has 2 heterocycles. The quantitative estimate of drug-likeness (QED) is 0.848. The van der Waals surface area contributed by atoms with Crippen LogP contribution in [0.15, 0.2) is 47.3 Å². The Balaban J connectivity index is 2.02. The Morgan fingerprint density at radius 1 is 1.11 bits per heavy atom. The summed E-state index contributed by atoms with van der Waals surface area (Å²) in [6, 6.07) is 10.3. The smallest absolute Gasteiger partial charge is 0.267 e. The Morgan fingerprint density at radius 3 is 2.33 bits per heavy atom. The lowest BCUT2D eigenvalue weighted by Gasteiger charge is -2.14. The van der Waals surface area contributed by atoms with Crippen LogP contribution in [0, 0.1) is 0 Å². The summed E-state index contributed by atoms with van der Waals surface area (Å²) >= 11 is 5.84. The van der Waals surface area contributed by atoms with Gasteiger partial charge in [-0.2, -0.15) is 0 Å². The summed E-state index contributed by atoms with van der Waals surface area (Å²) in [6.45, 7) is 0. The van der Waals surface area contributed by atoms with Crippen LogP contribution in [0.2, 0.25) is 5.02 Å². The molecule has 1 fully saturated rings. The van der Waals surface area contributed by atoms with E-state index in [4.69, 9.17) is 11.6 Å². The number of amides is 2. The van der Waals surface area contributed by atoms with Crippen molar-refractivity contribution in [2.75, 3.05) is 14.1 Å². The minimum atomic E-state index is -0.380. The highest BCUT2D eigenvalue weighted by Crippen LogP contribution is 2.25. The molecule has 0 radical (unpaired) electrons. The second-order valence-electron chi connectivity index (χ2n) is 6.62. The molecule has 1 aliphatic rings. The van der Waals surface area contributed by atoms with Crippen molar-refractivity contribution < 1.29 is 9.59 Å². The van der Waals surface area contributed by atoms with E-state index < -0.39 is 0 Å². The van der Waals surface area contributed by atoms with E-state index in [1.165, 1.54) is 4.90 Å². The number of halogens is 1. The van der Waals surface area contributed by atoms with Crippen molar-refractivity contribution in [3.8, 4) is 0 Å². The number of hydrogen-bond donors (Lipinski definition) is 2. The summed E-state index contributed by atoms with van der Waals surface area (Å²) < 4.78 is 0. The largest absolute Gasteiger partial charge is 0.350 e. The predicted octanol–water partition coefficient (Wildman–Crippen LogP) is 2.44. The first-order chi connectivity index (χ1) is 12.8. The van der Waals surface area contributed by atoms with Crippen LogP contribution in [0.4, 0.5) is 0 Å². The third-order valence-corrected chi connectivity index (χ3v) is 4.69. The number of carbonyl (C=O) groups excluding carboxylic acids is 2. The number of nitrogens with one attached hydrogen (secondary N) is 2. The molecule has 0 spiro atoms. The number of H-pyrrole nitrogens is 1. The van der Waals surface area contributed by atoms with Gasteiger partial charge < -0.3 is 15.2 Å². The Labute approximate surface area is 161 Å². The molecular weight excluding hydrogens is 366 g/mol. The van der Waals surface area contributed by atoms with E-state index in [0.29, 0.717) is 24.1 Å². The molecule has 3 rings (SSSR count). The van der Waals surface area contributed by atoms with E-state index in [0.717, 1.165) is 11.1 Å². The van der Waals surface area contributed by atoms with Gasteiger partial charge in [-0.15, -0.1) is 0 Å². The number of aromatic amines is 1. The van der Waals surface area contributed by atoms with Gasteiger partial charge in [-0.05, 0) is 36.2 Å². The molecule has 0 bridgehead atoms. The zero-order chi connectivity index (χ0) is 19.6. The van der Waals surface area contributed by atoms with Gasteiger partial charge in [-0.25, -0.2) is 0 Å². The third kappa shape index (κ3) is 4.28. The molecule has 2 amide bonds. The SMILES string of the molecule is CN(C)C(=O)c1ccc(C(=C[C@H]2CCC(=O)N2)c2ccc(Cl)c(=O)[nH]2)cc1. The molecule has 2 N–H and O–H groups in total. The molecule has 6 nitrogen and oxygen atoms in total. The van der Waals surface area contributed by atoms with Crippen LogP contribution in [0.5, 0.6) is 0 Å².